The van der Waals surface area contributed by atoms with Gasteiger partial charge >= 0.3 is 5.97 Å². The quantitative estimate of drug-likeness (QED) is 0.355. The van der Waals surface area contributed by atoms with Gasteiger partial charge in [-0.1, -0.05) is 23.9 Å². The molecule has 1 aromatic heterocycles. The molecule has 0 bridgehead atoms. The molecule has 3 aromatic rings. The Bertz CT molecular complexity index is 1030. The maximum atomic E-state index is 12.0. The first kappa shape index (κ1) is 20.7. The van der Waals surface area contributed by atoms with Crippen molar-refractivity contribution in [2.45, 2.75) is 30.9 Å². The number of benzene rings is 2. The van der Waals surface area contributed by atoms with Gasteiger partial charge < -0.3 is 14.5 Å². The summed E-state index contributed by atoms with van der Waals surface area (Å²) < 4.78 is 10.3. The lowest BCUT2D eigenvalue weighted by Gasteiger charge is -2.08. The predicted octanol–water partition coefficient (Wildman–Crippen LogP) is 4.30. The van der Waals surface area contributed by atoms with Crippen LogP contribution in [0.5, 0.6) is 5.75 Å². The summed E-state index contributed by atoms with van der Waals surface area (Å²) in [6, 6.07) is 16.1. The van der Waals surface area contributed by atoms with Crippen molar-refractivity contribution in [3.05, 3.63) is 76.1 Å². The van der Waals surface area contributed by atoms with Crippen LogP contribution in [0, 0.1) is 0 Å². The van der Waals surface area contributed by atoms with Crippen LogP contribution < -0.4 is 10.3 Å². The number of ether oxygens (including phenoxy) is 2. The van der Waals surface area contributed by atoms with Crippen LogP contribution in [-0.2, 0) is 10.5 Å². The van der Waals surface area contributed by atoms with Gasteiger partial charge in [0.2, 0.25) is 0 Å². The van der Waals surface area contributed by atoms with E-state index in [0.29, 0.717) is 22.2 Å². The van der Waals surface area contributed by atoms with Crippen molar-refractivity contribution in [1.82, 2.24) is 9.97 Å². The Morgan fingerprint density at radius 2 is 1.79 bits per heavy atom. The van der Waals surface area contributed by atoms with Gasteiger partial charge in [0, 0.05) is 17.4 Å². The standard InChI is InChI=1S/C22H22N2O4S/c1-14(2)28-21(26)17-6-4-15(5-7-17)13-29-22-23-19(12-20(25)24-22)16-8-10-18(27-3)11-9-16/h4-12,14H,13H2,1-3H3,(H,23,24,25). The third-order valence-electron chi connectivity index (χ3n) is 4.01. The molecule has 150 valence electrons. The average Bonchev–Trinajstić information content (AvgIpc) is 2.72. The van der Waals surface area contributed by atoms with Gasteiger partial charge in [-0.2, -0.15) is 0 Å². The second-order valence-corrected chi connectivity index (χ2v) is 7.57. The molecule has 0 atom stereocenters. The molecule has 1 N–H and O–H groups in total. The number of methoxy groups -OCH3 is 1. The molecule has 0 aliphatic rings. The van der Waals surface area contributed by atoms with Gasteiger partial charge in [0.05, 0.1) is 24.5 Å². The Morgan fingerprint density at radius 1 is 1.10 bits per heavy atom. The lowest BCUT2D eigenvalue weighted by molar-refractivity contribution is 0.0378. The zero-order chi connectivity index (χ0) is 20.8. The lowest BCUT2D eigenvalue weighted by atomic mass is 10.1. The fourth-order valence-electron chi connectivity index (χ4n) is 2.58. The molecular formula is C22H22N2O4S. The van der Waals surface area contributed by atoms with Crippen molar-refractivity contribution < 1.29 is 14.3 Å². The van der Waals surface area contributed by atoms with E-state index in [0.717, 1.165) is 16.9 Å². The van der Waals surface area contributed by atoms with Crippen molar-refractivity contribution in [3.8, 4) is 17.0 Å². The van der Waals surface area contributed by atoms with E-state index in [-0.39, 0.29) is 17.6 Å². The molecule has 29 heavy (non-hydrogen) atoms. The first-order chi connectivity index (χ1) is 13.9. The van der Waals surface area contributed by atoms with Crippen molar-refractivity contribution >= 4 is 17.7 Å². The second-order valence-electron chi connectivity index (χ2n) is 6.60. The van der Waals surface area contributed by atoms with Gasteiger partial charge in [0.25, 0.3) is 5.56 Å². The van der Waals surface area contributed by atoms with E-state index >= 15 is 0 Å². The Kier molecular flexibility index (Phi) is 6.72. The molecule has 7 heteroatoms. The van der Waals surface area contributed by atoms with Crippen molar-refractivity contribution in [2.24, 2.45) is 0 Å². The molecule has 0 amide bonds. The van der Waals surface area contributed by atoms with E-state index in [4.69, 9.17) is 9.47 Å². The molecule has 2 aromatic carbocycles. The molecule has 0 fully saturated rings. The molecule has 0 saturated carbocycles. The van der Waals surface area contributed by atoms with E-state index in [9.17, 15) is 9.59 Å². The van der Waals surface area contributed by atoms with Crippen molar-refractivity contribution in [2.75, 3.05) is 7.11 Å². The topological polar surface area (TPSA) is 81.3 Å². The largest absolute Gasteiger partial charge is 0.497 e. The van der Waals surface area contributed by atoms with Gasteiger partial charge in [-0.25, -0.2) is 9.78 Å². The van der Waals surface area contributed by atoms with Crippen LogP contribution >= 0.6 is 11.8 Å². The maximum Gasteiger partial charge on any atom is 0.338 e. The number of hydrogen-bond donors (Lipinski definition) is 1. The molecule has 0 unspecified atom stereocenters. The molecule has 0 aliphatic heterocycles. The number of aromatic amines is 1. The first-order valence-corrected chi connectivity index (χ1v) is 10.1. The zero-order valence-corrected chi connectivity index (χ0v) is 17.3. The summed E-state index contributed by atoms with van der Waals surface area (Å²) in [6.45, 7) is 3.63. The highest BCUT2D eigenvalue weighted by Crippen LogP contribution is 2.23. The van der Waals surface area contributed by atoms with Crippen LogP contribution in [0.15, 0.2) is 64.5 Å². The number of nitrogens with zero attached hydrogens (tertiary/aromatic N) is 1. The van der Waals surface area contributed by atoms with Gasteiger partial charge in [-0.3, -0.25) is 4.79 Å². The number of esters is 1. The van der Waals surface area contributed by atoms with Crippen molar-refractivity contribution in [3.63, 3.8) is 0 Å². The highest BCUT2D eigenvalue weighted by atomic mass is 32.2. The summed E-state index contributed by atoms with van der Waals surface area (Å²) in [5, 5.41) is 0.534. The Balaban J connectivity index is 1.69. The summed E-state index contributed by atoms with van der Waals surface area (Å²) in [5.74, 6) is 1.01. The van der Waals surface area contributed by atoms with Crippen LogP contribution in [-0.4, -0.2) is 29.2 Å². The Labute approximate surface area is 173 Å². The number of aromatic nitrogens is 2. The van der Waals surface area contributed by atoms with Crippen molar-refractivity contribution in [1.29, 1.82) is 0 Å². The maximum absolute atomic E-state index is 12.0. The number of rotatable bonds is 7. The molecule has 0 radical (unpaired) electrons. The van der Waals surface area contributed by atoms with E-state index in [1.165, 1.54) is 17.8 Å². The molecule has 6 nitrogen and oxygen atoms in total. The molecule has 0 aliphatic carbocycles. The molecular weight excluding hydrogens is 388 g/mol. The van der Waals surface area contributed by atoms with E-state index in [1.54, 1.807) is 19.2 Å². The fraction of sp³-hybridized carbons (Fsp3) is 0.227. The van der Waals surface area contributed by atoms with Crippen LogP contribution in [0.2, 0.25) is 0 Å². The van der Waals surface area contributed by atoms with Crippen LogP contribution in [0.25, 0.3) is 11.3 Å². The Hall–Kier alpha value is -3.06. The minimum atomic E-state index is -0.336. The number of hydrogen-bond acceptors (Lipinski definition) is 6. The number of nitrogens with one attached hydrogen (secondary N) is 1. The molecule has 3 rings (SSSR count). The summed E-state index contributed by atoms with van der Waals surface area (Å²) in [5.41, 5.74) is 2.76. The number of carbonyl (C=O) groups is 1. The Morgan fingerprint density at radius 3 is 2.41 bits per heavy atom. The monoisotopic (exact) mass is 410 g/mol. The zero-order valence-electron chi connectivity index (χ0n) is 16.5. The second kappa shape index (κ2) is 9.43. The van der Waals surface area contributed by atoms with Crippen LogP contribution in [0.3, 0.4) is 0 Å². The smallest absolute Gasteiger partial charge is 0.338 e. The summed E-state index contributed by atoms with van der Waals surface area (Å²) in [4.78, 5) is 31.3. The summed E-state index contributed by atoms with van der Waals surface area (Å²) in [6.07, 6.45) is -0.154. The van der Waals surface area contributed by atoms with E-state index < -0.39 is 0 Å². The first-order valence-electron chi connectivity index (χ1n) is 9.13. The predicted molar refractivity (Wildman–Crippen MR) is 113 cm³/mol. The number of H-pyrrole nitrogens is 1. The summed E-state index contributed by atoms with van der Waals surface area (Å²) >= 11 is 1.42. The molecule has 1 heterocycles. The highest BCUT2D eigenvalue weighted by Gasteiger charge is 2.10. The van der Waals surface area contributed by atoms with Gasteiger partial charge in [0.1, 0.15) is 5.75 Å². The van der Waals surface area contributed by atoms with Gasteiger partial charge in [0.15, 0.2) is 5.16 Å². The minimum absolute atomic E-state index is 0.154. The summed E-state index contributed by atoms with van der Waals surface area (Å²) in [7, 11) is 1.61. The average molecular weight is 410 g/mol. The normalized spacial score (nSPS) is 10.8. The molecule has 0 spiro atoms. The minimum Gasteiger partial charge on any atom is -0.497 e. The van der Waals surface area contributed by atoms with Gasteiger partial charge in [-0.15, -0.1) is 0 Å². The van der Waals surface area contributed by atoms with E-state index in [2.05, 4.69) is 9.97 Å². The van der Waals surface area contributed by atoms with Crippen LogP contribution in [0.4, 0.5) is 0 Å². The lowest BCUT2D eigenvalue weighted by Crippen LogP contribution is -2.11. The SMILES string of the molecule is COc1ccc(-c2cc(=O)[nH]c(SCc3ccc(C(=O)OC(C)C)cc3)n2)cc1. The van der Waals surface area contributed by atoms with E-state index in [1.807, 2.05) is 50.2 Å². The third kappa shape index (κ3) is 5.71. The highest BCUT2D eigenvalue weighted by molar-refractivity contribution is 7.98. The number of carbonyl (C=O) groups excluding carboxylic acids is 1. The third-order valence-corrected chi connectivity index (χ3v) is 4.96. The fourth-order valence-corrected chi connectivity index (χ4v) is 3.42. The van der Waals surface area contributed by atoms with Crippen LogP contribution in [0.1, 0.15) is 29.8 Å². The molecule has 0 saturated heterocycles. The number of thioether (sulfide) groups is 1. The van der Waals surface area contributed by atoms with Gasteiger partial charge in [-0.05, 0) is 55.8 Å².